The Morgan fingerprint density at radius 2 is 2.00 bits per heavy atom. The van der Waals surface area contributed by atoms with E-state index in [1.165, 1.54) is 12.1 Å². The number of carbonyl (C=O) groups excluding carboxylic acids is 1. The topological polar surface area (TPSA) is 70.5 Å². The second-order valence-electron chi connectivity index (χ2n) is 4.80. The lowest BCUT2D eigenvalue weighted by Crippen LogP contribution is -2.48. The third-order valence-corrected chi connectivity index (χ3v) is 2.28. The summed E-state index contributed by atoms with van der Waals surface area (Å²) in [6, 6.07) is 3.83. The fraction of sp³-hybridized carbons (Fsp3) is 0.417. The lowest BCUT2D eigenvalue weighted by molar-refractivity contribution is -0.138. The molecule has 1 heterocycles. The maximum absolute atomic E-state index is 13.0. The molecule has 0 saturated heterocycles. The summed E-state index contributed by atoms with van der Waals surface area (Å²) < 4.78 is 13.0. The molecule has 0 aliphatic heterocycles. The Hall–Kier alpha value is -1.98. The summed E-state index contributed by atoms with van der Waals surface area (Å²) in [5.41, 5.74) is -0.796. The SMILES string of the molecule is CC(C)(C)N(CC(=O)O)C(=O)c1cccc(F)n1. The first kappa shape index (κ1) is 14.1. The number of pyridine rings is 1. The molecular formula is C12H15FN2O3. The number of amides is 1. The molecule has 0 spiro atoms. The van der Waals surface area contributed by atoms with E-state index < -0.39 is 29.9 Å². The van der Waals surface area contributed by atoms with Gasteiger partial charge in [0.2, 0.25) is 5.95 Å². The average Bonchev–Trinajstić information content (AvgIpc) is 2.23. The van der Waals surface area contributed by atoms with E-state index in [0.717, 1.165) is 11.0 Å². The van der Waals surface area contributed by atoms with Crippen LogP contribution in [-0.4, -0.2) is 39.0 Å². The zero-order valence-electron chi connectivity index (χ0n) is 10.5. The summed E-state index contributed by atoms with van der Waals surface area (Å²) in [5.74, 6) is -2.51. The molecule has 1 aromatic heterocycles. The van der Waals surface area contributed by atoms with Crippen LogP contribution in [0.4, 0.5) is 4.39 Å². The number of hydrogen-bond acceptors (Lipinski definition) is 3. The van der Waals surface area contributed by atoms with E-state index in [-0.39, 0.29) is 5.69 Å². The Bertz CT molecular complexity index is 469. The normalized spacial score (nSPS) is 11.1. The van der Waals surface area contributed by atoms with Crippen LogP contribution in [0.15, 0.2) is 18.2 Å². The number of halogens is 1. The highest BCUT2D eigenvalue weighted by atomic mass is 19.1. The minimum atomic E-state index is -1.13. The van der Waals surface area contributed by atoms with Gasteiger partial charge in [0.25, 0.3) is 5.91 Å². The number of carbonyl (C=O) groups is 2. The molecular weight excluding hydrogens is 239 g/mol. The summed E-state index contributed by atoms with van der Waals surface area (Å²) in [6.45, 7) is 4.65. The predicted octanol–water partition coefficient (Wildman–Crippen LogP) is 1.55. The van der Waals surface area contributed by atoms with Crippen molar-refractivity contribution in [1.82, 2.24) is 9.88 Å². The third-order valence-electron chi connectivity index (χ3n) is 2.28. The van der Waals surface area contributed by atoms with Crippen LogP contribution in [0.5, 0.6) is 0 Å². The van der Waals surface area contributed by atoms with Gasteiger partial charge >= 0.3 is 5.97 Å². The van der Waals surface area contributed by atoms with Crippen LogP contribution in [0.25, 0.3) is 0 Å². The van der Waals surface area contributed by atoms with Crippen molar-refractivity contribution in [2.75, 3.05) is 6.54 Å². The van der Waals surface area contributed by atoms with Gasteiger partial charge in [0.15, 0.2) is 0 Å². The number of hydrogen-bond donors (Lipinski definition) is 1. The highest BCUT2D eigenvalue weighted by molar-refractivity contribution is 5.94. The first-order valence-electron chi connectivity index (χ1n) is 5.38. The fourth-order valence-electron chi connectivity index (χ4n) is 1.41. The van der Waals surface area contributed by atoms with Crippen molar-refractivity contribution in [3.63, 3.8) is 0 Å². The molecule has 0 aromatic carbocycles. The van der Waals surface area contributed by atoms with Gasteiger partial charge in [-0.05, 0) is 32.9 Å². The molecule has 0 aliphatic carbocycles. The van der Waals surface area contributed by atoms with Crippen LogP contribution in [-0.2, 0) is 4.79 Å². The first-order chi connectivity index (χ1) is 8.21. The zero-order chi connectivity index (χ0) is 13.9. The van der Waals surface area contributed by atoms with E-state index in [2.05, 4.69) is 4.98 Å². The van der Waals surface area contributed by atoms with Crippen molar-refractivity contribution in [2.45, 2.75) is 26.3 Å². The molecule has 1 N–H and O–H groups in total. The number of nitrogens with zero attached hydrogens (tertiary/aromatic N) is 2. The highest BCUT2D eigenvalue weighted by Crippen LogP contribution is 2.16. The quantitative estimate of drug-likeness (QED) is 0.831. The zero-order valence-corrected chi connectivity index (χ0v) is 10.5. The van der Waals surface area contributed by atoms with Crippen molar-refractivity contribution >= 4 is 11.9 Å². The molecule has 0 radical (unpaired) electrons. The van der Waals surface area contributed by atoms with Crippen molar-refractivity contribution in [3.05, 3.63) is 29.8 Å². The second-order valence-corrected chi connectivity index (χ2v) is 4.80. The van der Waals surface area contributed by atoms with Gasteiger partial charge in [-0.3, -0.25) is 9.59 Å². The lowest BCUT2D eigenvalue weighted by Gasteiger charge is -2.34. The van der Waals surface area contributed by atoms with E-state index in [4.69, 9.17) is 5.11 Å². The highest BCUT2D eigenvalue weighted by Gasteiger charge is 2.30. The molecule has 0 bridgehead atoms. The minimum Gasteiger partial charge on any atom is -0.480 e. The van der Waals surface area contributed by atoms with E-state index in [0.29, 0.717) is 0 Å². The Morgan fingerprint density at radius 1 is 1.39 bits per heavy atom. The van der Waals surface area contributed by atoms with E-state index >= 15 is 0 Å². The Kier molecular flexibility index (Phi) is 4.00. The molecule has 0 aliphatic rings. The van der Waals surface area contributed by atoms with Gasteiger partial charge in [-0.15, -0.1) is 0 Å². The van der Waals surface area contributed by atoms with Gasteiger partial charge in [0.1, 0.15) is 12.2 Å². The molecule has 0 fully saturated rings. The molecule has 6 heteroatoms. The maximum Gasteiger partial charge on any atom is 0.323 e. The number of aliphatic carboxylic acids is 1. The summed E-state index contributed by atoms with van der Waals surface area (Å²) in [5, 5.41) is 8.81. The monoisotopic (exact) mass is 254 g/mol. The van der Waals surface area contributed by atoms with Crippen LogP contribution in [0.2, 0.25) is 0 Å². The Balaban J connectivity index is 3.06. The number of aromatic nitrogens is 1. The second kappa shape index (κ2) is 5.12. The van der Waals surface area contributed by atoms with Crippen LogP contribution in [0.3, 0.4) is 0 Å². The Labute approximate surface area is 104 Å². The van der Waals surface area contributed by atoms with Gasteiger partial charge < -0.3 is 10.0 Å². The van der Waals surface area contributed by atoms with Gasteiger partial charge in [0.05, 0.1) is 0 Å². The molecule has 1 amide bonds. The van der Waals surface area contributed by atoms with E-state index in [9.17, 15) is 14.0 Å². The number of carboxylic acid groups (broad SMARTS) is 1. The molecule has 18 heavy (non-hydrogen) atoms. The molecule has 0 saturated carbocycles. The standard InChI is InChI=1S/C12H15FN2O3/c1-12(2,3)15(7-10(16)17)11(18)8-5-4-6-9(13)14-8/h4-6H,7H2,1-3H3,(H,16,17). The number of carboxylic acids is 1. The largest absolute Gasteiger partial charge is 0.480 e. The smallest absolute Gasteiger partial charge is 0.323 e. The third kappa shape index (κ3) is 3.51. The molecule has 1 aromatic rings. The van der Waals surface area contributed by atoms with Crippen LogP contribution < -0.4 is 0 Å². The molecule has 1 rings (SSSR count). The van der Waals surface area contributed by atoms with Gasteiger partial charge in [0, 0.05) is 5.54 Å². The number of rotatable bonds is 3. The summed E-state index contributed by atoms with van der Waals surface area (Å²) in [4.78, 5) is 27.5. The maximum atomic E-state index is 13.0. The van der Waals surface area contributed by atoms with Gasteiger partial charge in [-0.25, -0.2) is 4.98 Å². The van der Waals surface area contributed by atoms with Crippen molar-refractivity contribution in [1.29, 1.82) is 0 Å². The predicted molar refractivity (Wildman–Crippen MR) is 62.6 cm³/mol. The minimum absolute atomic E-state index is 0.105. The molecule has 0 unspecified atom stereocenters. The van der Waals surface area contributed by atoms with E-state index in [1.807, 2.05) is 0 Å². The molecule has 0 atom stereocenters. The van der Waals surface area contributed by atoms with Crippen LogP contribution in [0, 0.1) is 5.95 Å². The van der Waals surface area contributed by atoms with Gasteiger partial charge in [-0.1, -0.05) is 6.07 Å². The lowest BCUT2D eigenvalue weighted by atomic mass is 10.1. The summed E-state index contributed by atoms with van der Waals surface area (Å²) >= 11 is 0. The Morgan fingerprint density at radius 3 is 2.44 bits per heavy atom. The van der Waals surface area contributed by atoms with Crippen molar-refractivity contribution < 1.29 is 19.1 Å². The molecule has 98 valence electrons. The average molecular weight is 254 g/mol. The van der Waals surface area contributed by atoms with Crippen molar-refractivity contribution in [2.24, 2.45) is 0 Å². The van der Waals surface area contributed by atoms with Crippen LogP contribution >= 0.6 is 0 Å². The van der Waals surface area contributed by atoms with E-state index in [1.54, 1.807) is 20.8 Å². The first-order valence-corrected chi connectivity index (χ1v) is 5.38. The molecule has 5 nitrogen and oxygen atoms in total. The summed E-state index contributed by atoms with van der Waals surface area (Å²) in [7, 11) is 0. The van der Waals surface area contributed by atoms with Crippen molar-refractivity contribution in [3.8, 4) is 0 Å². The fourth-order valence-corrected chi connectivity index (χ4v) is 1.41. The summed E-state index contributed by atoms with van der Waals surface area (Å²) in [6.07, 6.45) is 0. The van der Waals surface area contributed by atoms with Gasteiger partial charge in [-0.2, -0.15) is 4.39 Å². The van der Waals surface area contributed by atoms with Crippen LogP contribution in [0.1, 0.15) is 31.3 Å².